The summed E-state index contributed by atoms with van der Waals surface area (Å²) >= 11 is 0. The molecule has 0 spiro atoms. The predicted molar refractivity (Wildman–Crippen MR) is 76.0 cm³/mol. The Labute approximate surface area is 119 Å². The molecule has 1 saturated carbocycles. The number of carbonyl (C=O) groups is 2. The van der Waals surface area contributed by atoms with E-state index < -0.39 is 0 Å². The van der Waals surface area contributed by atoms with Crippen LogP contribution in [0.4, 0.5) is 0 Å². The van der Waals surface area contributed by atoms with Crippen LogP contribution in [0.15, 0.2) is 30.3 Å². The summed E-state index contributed by atoms with van der Waals surface area (Å²) in [5.41, 5.74) is 1.20. The minimum atomic E-state index is -0.258. The van der Waals surface area contributed by atoms with Gasteiger partial charge in [-0.3, -0.25) is 9.59 Å². The lowest BCUT2D eigenvalue weighted by atomic mass is 10.1. The van der Waals surface area contributed by atoms with E-state index in [9.17, 15) is 9.59 Å². The first-order valence-corrected chi connectivity index (χ1v) is 7.38. The summed E-state index contributed by atoms with van der Waals surface area (Å²) in [5, 5.41) is 3.01. The van der Waals surface area contributed by atoms with E-state index in [2.05, 4.69) is 17.4 Å². The van der Waals surface area contributed by atoms with Crippen LogP contribution in [0.5, 0.6) is 0 Å². The van der Waals surface area contributed by atoms with Crippen LogP contribution in [-0.4, -0.2) is 35.3 Å². The molecule has 1 aromatic rings. The molecule has 1 N–H and O–H groups in total. The quantitative estimate of drug-likeness (QED) is 0.883. The normalized spacial score (nSPS) is 22.1. The molecule has 20 heavy (non-hydrogen) atoms. The van der Waals surface area contributed by atoms with Crippen LogP contribution >= 0.6 is 0 Å². The van der Waals surface area contributed by atoms with Gasteiger partial charge in [0, 0.05) is 19.0 Å². The number of carbonyl (C=O) groups excluding carboxylic acids is 2. The Balaban J connectivity index is 1.59. The van der Waals surface area contributed by atoms with E-state index >= 15 is 0 Å². The van der Waals surface area contributed by atoms with Gasteiger partial charge < -0.3 is 10.2 Å². The number of amides is 2. The van der Waals surface area contributed by atoms with Gasteiger partial charge in [0.05, 0.1) is 0 Å². The summed E-state index contributed by atoms with van der Waals surface area (Å²) in [7, 11) is 0. The fourth-order valence-corrected chi connectivity index (χ4v) is 2.71. The zero-order chi connectivity index (χ0) is 13.9. The van der Waals surface area contributed by atoms with E-state index in [0.717, 1.165) is 19.3 Å². The van der Waals surface area contributed by atoms with Crippen LogP contribution in [0.25, 0.3) is 0 Å². The Morgan fingerprint density at radius 3 is 2.65 bits per heavy atom. The van der Waals surface area contributed by atoms with Gasteiger partial charge in [-0.05, 0) is 31.2 Å². The van der Waals surface area contributed by atoms with Gasteiger partial charge in [0.15, 0.2) is 0 Å². The maximum atomic E-state index is 12.2. The van der Waals surface area contributed by atoms with Gasteiger partial charge in [0.25, 0.3) is 0 Å². The number of benzene rings is 1. The SMILES string of the molecule is O=C(NC1CC1)C1CCC(=O)N1CCc1ccccc1. The number of rotatable bonds is 5. The molecule has 2 amide bonds. The molecule has 0 aromatic heterocycles. The van der Waals surface area contributed by atoms with Crippen molar-refractivity contribution >= 4 is 11.8 Å². The standard InChI is InChI=1S/C16H20N2O2/c19-15-9-8-14(16(20)17-13-6-7-13)18(15)11-10-12-4-2-1-3-5-12/h1-5,13-14H,6-11H2,(H,17,20). The van der Waals surface area contributed by atoms with Crippen LogP contribution in [0.2, 0.25) is 0 Å². The summed E-state index contributed by atoms with van der Waals surface area (Å²) in [6, 6.07) is 10.2. The molecular weight excluding hydrogens is 252 g/mol. The largest absolute Gasteiger partial charge is 0.352 e. The van der Waals surface area contributed by atoms with Crippen LogP contribution in [0, 0.1) is 0 Å². The number of nitrogens with one attached hydrogen (secondary N) is 1. The summed E-state index contributed by atoms with van der Waals surface area (Å²) < 4.78 is 0. The highest BCUT2D eigenvalue weighted by molar-refractivity contribution is 5.91. The molecule has 4 heteroatoms. The summed E-state index contributed by atoms with van der Waals surface area (Å²) in [6.07, 6.45) is 4.12. The van der Waals surface area contributed by atoms with Crippen molar-refractivity contribution in [3.8, 4) is 0 Å². The number of hydrogen-bond donors (Lipinski definition) is 1. The molecule has 3 rings (SSSR count). The number of hydrogen-bond acceptors (Lipinski definition) is 2. The molecule has 1 aromatic carbocycles. The molecule has 1 aliphatic carbocycles. The monoisotopic (exact) mass is 272 g/mol. The maximum absolute atomic E-state index is 12.2. The molecule has 1 unspecified atom stereocenters. The van der Waals surface area contributed by atoms with Crippen molar-refractivity contribution in [2.24, 2.45) is 0 Å². The van der Waals surface area contributed by atoms with Gasteiger partial charge in [-0.2, -0.15) is 0 Å². The molecule has 1 saturated heterocycles. The highest BCUT2D eigenvalue weighted by Crippen LogP contribution is 2.23. The second-order valence-electron chi connectivity index (χ2n) is 5.66. The van der Waals surface area contributed by atoms with Gasteiger partial charge in [-0.15, -0.1) is 0 Å². The van der Waals surface area contributed by atoms with E-state index in [1.807, 2.05) is 18.2 Å². The Morgan fingerprint density at radius 1 is 1.20 bits per heavy atom. The summed E-state index contributed by atoms with van der Waals surface area (Å²) in [6.45, 7) is 0.631. The third-order valence-electron chi connectivity index (χ3n) is 4.04. The van der Waals surface area contributed by atoms with Crippen LogP contribution in [0.1, 0.15) is 31.2 Å². The Morgan fingerprint density at radius 2 is 1.95 bits per heavy atom. The molecule has 4 nitrogen and oxygen atoms in total. The number of nitrogens with zero attached hydrogens (tertiary/aromatic N) is 1. The highest BCUT2D eigenvalue weighted by atomic mass is 16.2. The van der Waals surface area contributed by atoms with Crippen LogP contribution in [0.3, 0.4) is 0 Å². The minimum Gasteiger partial charge on any atom is -0.352 e. The fourth-order valence-electron chi connectivity index (χ4n) is 2.71. The van der Waals surface area contributed by atoms with Gasteiger partial charge in [0.1, 0.15) is 6.04 Å². The van der Waals surface area contributed by atoms with Crippen LogP contribution in [-0.2, 0) is 16.0 Å². The smallest absolute Gasteiger partial charge is 0.243 e. The lowest BCUT2D eigenvalue weighted by Crippen LogP contribution is -2.46. The van der Waals surface area contributed by atoms with E-state index in [-0.39, 0.29) is 17.9 Å². The first-order valence-electron chi connectivity index (χ1n) is 7.38. The average molecular weight is 272 g/mol. The van der Waals surface area contributed by atoms with Crippen molar-refractivity contribution in [3.63, 3.8) is 0 Å². The molecule has 106 valence electrons. The first-order chi connectivity index (χ1) is 9.74. The number of likely N-dealkylation sites (tertiary alicyclic amines) is 1. The van der Waals surface area contributed by atoms with Crippen molar-refractivity contribution in [3.05, 3.63) is 35.9 Å². The van der Waals surface area contributed by atoms with Crippen molar-refractivity contribution in [2.75, 3.05) is 6.54 Å². The lowest BCUT2D eigenvalue weighted by molar-refractivity contribution is -0.135. The van der Waals surface area contributed by atoms with E-state index in [0.29, 0.717) is 25.4 Å². The molecule has 1 heterocycles. The second-order valence-corrected chi connectivity index (χ2v) is 5.66. The molecule has 1 aliphatic heterocycles. The van der Waals surface area contributed by atoms with Gasteiger partial charge in [-0.1, -0.05) is 30.3 Å². The minimum absolute atomic E-state index is 0.0337. The van der Waals surface area contributed by atoms with E-state index in [1.165, 1.54) is 5.56 Å². The van der Waals surface area contributed by atoms with Crippen molar-refractivity contribution in [1.82, 2.24) is 10.2 Å². The second kappa shape index (κ2) is 5.65. The predicted octanol–water partition coefficient (Wildman–Crippen LogP) is 1.50. The average Bonchev–Trinajstić information content (AvgIpc) is 3.19. The summed E-state index contributed by atoms with van der Waals surface area (Å²) in [4.78, 5) is 25.9. The zero-order valence-corrected chi connectivity index (χ0v) is 11.5. The van der Waals surface area contributed by atoms with Crippen molar-refractivity contribution < 1.29 is 9.59 Å². The Bertz CT molecular complexity index is 496. The molecule has 2 aliphatic rings. The maximum Gasteiger partial charge on any atom is 0.243 e. The highest BCUT2D eigenvalue weighted by Gasteiger charge is 2.37. The molecule has 0 radical (unpaired) electrons. The Hall–Kier alpha value is -1.84. The molecule has 0 bridgehead atoms. The van der Waals surface area contributed by atoms with Gasteiger partial charge in [0.2, 0.25) is 11.8 Å². The van der Waals surface area contributed by atoms with Crippen molar-refractivity contribution in [2.45, 2.75) is 44.2 Å². The molecule has 1 atom stereocenters. The summed E-state index contributed by atoms with van der Waals surface area (Å²) in [5.74, 6) is 0.142. The van der Waals surface area contributed by atoms with Gasteiger partial charge in [-0.25, -0.2) is 0 Å². The van der Waals surface area contributed by atoms with Crippen molar-refractivity contribution in [1.29, 1.82) is 0 Å². The first kappa shape index (κ1) is 13.2. The zero-order valence-electron chi connectivity index (χ0n) is 11.5. The molecular formula is C16H20N2O2. The van der Waals surface area contributed by atoms with E-state index in [4.69, 9.17) is 0 Å². The van der Waals surface area contributed by atoms with Gasteiger partial charge >= 0.3 is 0 Å². The topological polar surface area (TPSA) is 49.4 Å². The third kappa shape index (κ3) is 3.00. The van der Waals surface area contributed by atoms with E-state index in [1.54, 1.807) is 4.90 Å². The van der Waals surface area contributed by atoms with Crippen LogP contribution < -0.4 is 5.32 Å². The lowest BCUT2D eigenvalue weighted by Gasteiger charge is -2.24. The Kier molecular flexibility index (Phi) is 3.72. The fraction of sp³-hybridized carbons (Fsp3) is 0.500. The molecule has 2 fully saturated rings. The third-order valence-corrected chi connectivity index (χ3v) is 4.04.